The van der Waals surface area contributed by atoms with Gasteiger partial charge in [0.2, 0.25) is 0 Å². The Kier molecular flexibility index (Phi) is 14.4. The number of nitrogens with zero attached hydrogens (tertiary/aromatic N) is 4. The number of nitrogens with one attached hydrogen (secondary N) is 2. The smallest absolute Gasteiger partial charge is 0.333 e. The number of urea groups is 2. The minimum atomic E-state index is -4.22. The second-order valence-corrected chi connectivity index (χ2v) is 18.9. The van der Waals surface area contributed by atoms with Gasteiger partial charge in [-0.05, 0) is 111 Å². The predicted molar refractivity (Wildman–Crippen MR) is 231 cm³/mol. The minimum Gasteiger partial charge on any atom is -0.333 e. The maximum Gasteiger partial charge on any atom is 0.389 e. The van der Waals surface area contributed by atoms with Crippen LogP contribution < -0.4 is 10.6 Å². The number of benzene rings is 3. The summed E-state index contributed by atoms with van der Waals surface area (Å²) < 4.78 is 88.9. The van der Waals surface area contributed by atoms with Crippen molar-refractivity contribution >= 4 is 23.5 Å². The van der Waals surface area contributed by atoms with E-state index in [-0.39, 0.29) is 72.8 Å². The highest BCUT2D eigenvalue weighted by atomic mass is 19.4. The lowest BCUT2D eigenvalue weighted by atomic mass is 9.69. The average molecular weight is 885 g/mol. The summed E-state index contributed by atoms with van der Waals surface area (Å²) in [5, 5.41) is 17.8. The fourth-order valence-corrected chi connectivity index (χ4v) is 9.86. The SMILES string of the molecule is CC(C)(Cc1ccc(F)cc1)NC(=O)N1CC(c2ccccc2)C(CCCC(F)(F)F)=N1.CC1(C)[C@@H]2CC[C@@]1(C)[C@@H](NC(=O)N1CC(c3ccccc3)C(CCCC(F)(F)F)=N1)C2. The largest absolute Gasteiger partial charge is 0.389 e. The summed E-state index contributed by atoms with van der Waals surface area (Å²) in [6.07, 6.45) is -6.03. The van der Waals surface area contributed by atoms with Crippen LogP contribution in [0.1, 0.15) is 121 Å². The van der Waals surface area contributed by atoms with Gasteiger partial charge < -0.3 is 10.6 Å². The van der Waals surface area contributed by atoms with Crippen molar-refractivity contribution in [2.45, 2.75) is 135 Å². The summed E-state index contributed by atoms with van der Waals surface area (Å²) >= 11 is 0. The number of fused-ring (bicyclic) bond motifs is 2. The van der Waals surface area contributed by atoms with Crippen molar-refractivity contribution in [3.05, 3.63) is 107 Å². The number of carbonyl (C=O) groups excluding carboxylic acids is 2. The zero-order valence-electron chi connectivity index (χ0n) is 36.6. The van der Waals surface area contributed by atoms with Gasteiger partial charge in [0, 0.05) is 47.7 Å². The van der Waals surface area contributed by atoms with Crippen molar-refractivity contribution < 1.29 is 40.3 Å². The lowest BCUT2D eigenvalue weighted by Crippen LogP contribution is -2.50. The number of carbonyl (C=O) groups is 2. The van der Waals surface area contributed by atoms with Crippen LogP contribution in [0.15, 0.2) is 95.1 Å². The monoisotopic (exact) mass is 884 g/mol. The van der Waals surface area contributed by atoms with Gasteiger partial charge in [-0.3, -0.25) is 0 Å². The molecule has 0 saturated heterocycles. The summed E-state index contributed by atoms with van der Waals surface area (Å²) in [5.74, 6) is -0.116. The lowest BCUT2D eigenvalue weighted by molar-refractivity contribution is -0.136. The van der Waals surface area contributed by atoms with Gasteiger partial charge in [0.25, 0.3) is 0 Å². The molecule has 0 radical (unpaired) electrons. The first kappa shape index (κ1) is 47.5. The van der Waals surface area contributed by atoms with Crippen LogP contribution in [-0.4, -0.2) is 70.5 Å². The normalized spacial score (nSPS) is 24.1. The van der Waals surface area contributed by atoms with Gasteiger partial charge in [0.1, 0.15) is 5.82 Å². The molecule has 3 aromatic carbocycles. The molecule has 342 valence electrons. The van der Waals surface area contributed by atoms with E-state index in [1.807, 2.05) is 74.5 Å². The van der Waals surface area contributed by atoms with E-state index in [0.717, 1.165) is 29.5 Å². The van der Waals surface area contributed by atoms with Crippen LogP contribution in [-0.2, 0) is 6.42 Å². The lowest BCUT2D eigenvalue weighted by Gasteiger charge is -2.39. The van der Waals surface area contributed by atoms with Crippen molar-refractivity contribution in [3.8, 4) is 0 Å². The van der Waals surface area contributed by atoms with E-state index >= 15 is 0 Å². The topological polar surface area (TPSA) is 89.4 Å². The molecule has 2 fully saturated rings. The van der Waals surface area contributed by atoms with Crippen LogP contribution in [0.3, 0.4) is 0 Å². The highest BCUT2D eigenvalue weighted by molar-refractivity contribution is 5.95. The third-order valence-corrected chi connectivity index (χ3v) is 13.8. The van der Waals surface area contributed by atoms with Crippen LogP contribution in [0.25, 0.3) is 0 Å². The Bertz CT molecular complexity index is 2090. The Morgan fingerprint density at radius 3 is 1.62 bits per heavy atom. The standard InChI is InChI=1S/C24H27F4N3O.C24H32F3N3O/c1-23(2,15-17-10-12-19(25)13-11-17)29-22(32)31-16-20(18-7-4-3-5-8-18)21(30-31)9-6-14-24(26,27)28;1-22(2)17-11-13-23(22,3)20(14-17)28-21(31)30-15-18(16-8-5-4-6-9-16)19(29-30)10-7-12-24(25,26)27/h3-5,7-8,10-13,20H,6,9,14-16H2,1-2H3,(H,29,32);4-6,8-9,17-18,20H,7,10-15H2,1-3H3,(H,28,31)/t;17-,18?,20+,23+/m.1/s1. The number of alkyl halides is 6. The first-order chi connectivity index (χ1) is 29.5. The average Bonchev–Trinajstić information content (AvgIpc) is 3.93. The molecule has 8 nitrogen and oxygen atoms in total. The van der Waals surface area contributed by atoms with Gasteiger partial charge in [-0.15, -0.1) is 0 Å². The Labute approximate surface area is 365 Å². The molecule has 2 saturated carbocycles. The molecule has 0 aromatic heterocycles. The van der Waals surface area contributed by atoms with Crippen molar-refractivity contribution in [3.63, 3.8) is 0 Å². The Morgan fingerprint density at radius 2 is 1.19 bits per heavy atom. The second-order valence-electron chi connectivity index (χ2n) is 18.9. The summed E-state index contributed by atoms with van der Waals surface area (Å²) in [6.45, 7) is 11.2. The van der Waals surface area contributed by atoms with Gasteiger partial charge in [0.15, 0.2) is 0 Å². The van der Waals surface area contributed by atoms with Crippen LogP contribution in [0, 0.1) is 22.6 Å². The zero-order chi connectivity index (χ0) is 45.8. The van der Waals surface area contributed by atoms with Crippen molar-refractivity contribution in [2.24, 2.45) is 27.0 Å². The van der Waals surface area contributed by atoms with Crippen LogP contribution in [0.4, 0.5) is 40.3 Å². The molecular weight excluding hydrogens is 826 g/mol. The molecule has 2 unspecified atom stereocenters. The second kappa shape index (κ2) is 19.0. The molecule has 2 bridgehead atoms. The highest BCUT2D eigenvalue weighted by Crippen LogP contribution is 2.65. The van der Waals surface area contributed by atoms with E-state index in [1.54, 1.807) is 12.1 Å². The van der Waals surface area contributed by atoms with Crippen molar-refractivity contribution in [2.75, 3.05) is 13.1 Å². The van der Waals surface area contributed by atoms with Crippen LogP contribution in [0.5, 0.6) is 0 Å². The molecule has 2 heterocycles. The van der Waals surface area contributed by atoms with Gasteiger partial charge >= 0.3 is 24.4 Å². The summed E-state index contributed by atoms with van der Waals surface area (Å²) in [7, 11) is 0. The molecule has 2 N–H and O–H groups in total. The van der Waals surface area contributed by atoms with E-state index in [4.69, 9.17) is 0 Å². The molecule has 63 heavy (non-hydrogen) atoms. The summed E-state index contributed by atoms with van der Waals surface area (Å²) in [4.78, 5) is 26.0. The molecule has 2 aliphatic heterocycles. The molecule has 4 amide bonds. The van der Waals surface area contributed by atoms with E-state index in [1.165, 1.54) is 28.6 Å². The quantitative estimate of drug-likeness (QED) is 0.177. The molecule has 3 aromatic rings. The summed E-state index contributed by atoms with van der Waals surface area (Å²) in [6, 6.07) is 24.5. The van der Waals surface area contributed by atoms with Crippen molar-refractivity contribution in [1.29, 1.82) is 0 Å². The molecule has 4 aliphatic rings. The number of amides is 4. The molecule has 7 rings (SSSR count). The van der Waals surface area contributed by atoms with Gasteiger partial charge in [0.05, 0.1) is 13.1 Å². The third kappa shape index (κ3) is 12.0. The number of rotatable bonds is 12. The maximum atomic E-state index is 13.1. The Balaban J connectivity index is 0.000000210. The Morgan fingerprint density at radius 1 is 0.714 bits per heavy atom. The molecular formula is C48H59F7N6O2. The van der Waals surface area contributed by atoms with E-state index in [0.29, 0.717) is 30.3 Å². The molecule has 2 aliphatic carbocycles. The highest BCUT2D eigenvalue weighted by Gasteiger charge is 2.61. The maximum absolute atomic E-state index is 13.1. The third-order valence-electron chi connectivity index (χ3n) is 13.8. The molecule has 15 heteroatoms. The minimum absolute atomic E-state index is 0.0162. The van der Waals surface area contributed by atoms with Gasteiger partial charge in [-0.2, -0.15) is 36.5 Å². The van der Waals surface area contributed by atoms with Crippen LogP contribution >= 0.6 is 0 Å². The van der Waals surface area contributed by atoms with E-state index < -0.39 is 36.8 Å². The Hall–Kier alpha value is -4.95. The predicted octanol–water partition coefficient (Wildman–Crippen LogP) is 12.1. The van der Waals surface area contributed by atoms with E-state index in [2.05, 4.69) is 41.6 Å². The molecule has 0 spiro atoms. The van der Waals surface area contributed by atoms with Gasteiger partial charge in [-0.1, -0.05) is 93.6 Å². The summed E-state index contributed by atoms with van der Waals surface area (Å²) in [5.41, 5.74) is 3.62. The van der Waals surface area contributed by atoms with Crippen LogP contribution in [0.2, 0.25) is 0 Å². The van der Waals surface area contributed by atoms with E-state index in [9.17, 15) is 40.3 Å². The fraction of sp³-hybridized carbons (Fsp3) is 0.542. The number of hydrogen-bond acceptors (Lipinski definition) is 4. The molecule has 5 atom stereocenters. The number of hydrogen-bond donors (Lipinski definition) is 2. The van der Waals surface area contributed by atoms with Gasteiger partial charge in [-0.25, -0.2) is 24.0 Å². The first-order valence-corrected chi connectivity index (χ1v) is 21.8. The number of halogens is 7. The fourth-order valence-electron chi connectivity index (χ4n) is 9.86. The number of hydrazone groups is 2. The zero-order valence-corrected chi connectivity index (χ0v) is 36.6. The van der Waals surface area contributed by atoms with Crippen molar-refractivity contribution in [1.82, 2.24) is 20.7 Å². The first-order valence-electron chi connectivity index (χ1n) is 21.8.